The van der Waals surface area contributed by atoms with Gasteiger partial charge in [0.15, 0.2) is 5.82 Å². The predicted molar refractivity (Wildman–Crippen MR) is 127 cm³/mol. The van der Waals surface area contributed by atoms with Crippen LogP contribution in [0.5, 0.6) is 0 Å². The zero-order chi connectivity index (χ0) is 22.7. The number of rotatable bonds is 6. The molecule has 2 fully saturated rings. The molecule has 2 aliphatic heterocycles. The molecule has 2 aromatic heterocycles. The van der Waals surface area contributed by atoms with Crippen LogP contribution < -0.4 is 10.2 Å². The lowest BCUT2D eigenvalue weighted by atomic mass is 9.86. The largest absolute Gasteiger partial charge is 0.353 e. The van der Waals surface area contributed by atoms with Crippen LogP contribution in [0, 0.1) is 5.41 Å². The summed E-state index contributed by atoms with van der Waals surface area (Å²) in [4.78, 5) is 31.8. The van der Waals surface area contributed by atoms with Crippen molar-refractivity contribution in [3.05, 3.63) is 40.2 Å². The van der Waals surface area contributed by atoms with Crippen molar-refractivity contribution in [2.24, 2.45) is 5.41 Å². The van der Waals surface area contributed by atoms with Gasteiger partial charge in [-0.2, -0.15) is 5.10 Å². The van der Waals surface area contributed by atoms with Crippen LogP contribution in [0.15, 0.2) is 30.5 Å². The number of hydrogen-bond donors (Lipinski definition) is 1. The molecule has 4 heterocycles. The number of piperidine rings is 1. The number of aromatic nitrogens is 2. The molecule has 0 bridgehead atoms. The van der Waals surface area contributed by atoms with Crippen molar-refractivity contribution >= 4 is 29.0 Å². The number of hydrogen-bond acceptors (Lipinski definition) is 6. The third kappa shape index (κ3) is 4.95. The Bertz CT molecular complexity index is 937. The molecule has 0 saturated carbocycles. The second-order valence-corrected chi connectivity index (χ2v) is 10.6. The summed E-state index contributed by atoms with van der Waals surface area (Å²) in [5, 5.41) is 11.3. The average molecular weight is 456 g/mol. The molecular weight excluding hydrogens is 422 g/mol. The summed E-state index contributed by atoms with van der Waals surface area (Å²) in [5.74, 6) is 1.55. The standard InChI is InChI=1S/C24H33N5O2S/c1-4-24(2,3)23(31)28-13-9-17(10-14-28)19-7-8-20(32-19)22(30)26-18-11-15-29(16-18)21-6-5-12-25-27-21/h5-8,12,17-18H,4,9-11,13-16H2,1-3H3,(H,26,30)/t18-/m0/s1. The van der Waals surface area contributed by atoms with Gasteiger partial charge in [0, 0.05) is 48.7 Å². The highest BCUT2D eigenvalue weighted by atomic mass is 32.1. The first-order valence-electron chi connectivity index (χ1n) is 11.6. The SMILES string of the molecule is CCC(C)(C)C(=O)N1CCC(c2ccc(C(=O)N[C@H]3CCN(c4cccnn4)C3)s2)CC1. The normalized spacial score (nSPS) is 19.9. The molecule has 7 nitrogen and oxygen atoms in total. The van der Waals surface area contributed by atoms with Gasteiger partial charge < -0.3 is 15.1 Å². The quantitative estimate of drug-likeness (QED) is 0.719. The van der Waals surface area contributed by atoms with Crippen LogP contribution in [0.1, 0.15) is 66.9 Å². The molecule has 8 heteroatoms. The van der Waals surface area contributed by atoms with E-state index in [0.29, 0.717) is 5.92 Å². The van der Waals surface area contributed by atoms with Crippen LogP contribution in [0.3, 0.4) is 0 Å². The zero-order valence-corrected chi connectivity index (χ0v) is 20.0. The van der Waals surface area contributed by atoms with Crippen LogP contribution in [0.4, 0.5) is 5.82 Å². The van der Waals surface area contributed by atoms with Crippen molar-refractivity contribution < 1.29 is 9.59 Å². The fraction of sp³-hybridized carbons (Fsp3) is 0.583. The van der Waals surface area contributed by atoms with Gasteiger partial charge >= 0.3 is 0 Å². The molecule has 2 amide bonds. The van der Waals surface area contributed by atoms with Crippen molar-refractivity contribution in [1.29, 1.82) is 0 Å². The predicted octanol–water partition coefficient (Wildman–Crippen LogP) is 3.69. The molecule has 0 aliphatic carbocycles. The monoisotopic (exact) mass is 455 g/mol. The van der Waals surface area contributed by atoms with E-state index in [9.17, 15) is 9.59 Å². The number of amides is 2. The van der Waals surface area contributed by atoms with Crippen molar-refractivity contribution in [3.8, 4) is 0 Å². The van der Waals surface area contributed by atoms with Crippen LogP contribution in [-0.2, 0) is 4.79 Å². The molecule has 2 aliphatic rings. The molecule has 172 valence electrons. The molecule has 32 heavy (non-hydrogen) atoms. The summed E-state index contributed by atoms with van der Waals surface area (Å²) in [6.07, 6.45) is 5.35. The first kappa shape index (κ1) is 22.7. The summed E-state index contributed by atoms with van der Waals surface area (Å²) < 4.78 is 0. The van der Waals surface area contributed by atoms with Gasteiger partial charge in [0.2, 0.25) is 5.91 Å². The van der Waals surface area contributed by atoms with Gasteiger partial charge in [0.25, 0.3) is 5.91 Å². The molecular formula is C24H33N5O2S. The van der Waals surface area contributed by atoms with E-state index >= 15 is 0 Å². The van der Waals surface area contributed by atoms with Crippen LogP contribution in [0.2, 0.25) is 0 Å². The number of nitrogens with zero attached hydrogens (tertiary/aromatic N) is 4. The molecule has 4 rings (SSSR count). The van der Waals surface area contributed by atoms with E-state index in [1.165, 1.54) is 4.88 Å². The molecule has 2 aromatic rings. The second-order valence-electron chi connectivity index (χ2n) is 9.49. The van der Waals surface area contributed by atoms with E-state index in [2.05, 4.69) is 33.4 Å². The number of thiophene rings is 1. The first-order chi connectivity index (χ1) is 15.4. The maximum Gasteiger partial charge on any atom is 0.261 e. The first-order valence-corrected chi connectivity index (χ1v) is 12.4. The minimum absolute atomic E-state index is 0.00422. The molecule has 0 spiro atoms. The number of likely N-dealkylation sites (tertiary alicyclic amines) is 1. The van der Waals surface area contributed by atoms with E-state index in [4.69, 9.17) is 0 Å². The highest BCUT2D eigenvalue weighted by Gasteiger charge is 2.33. The minimum atomic E-state index is -0.288. The fourth-order valence-electron chi connectivity index (χ4n) is 4.45. The third-order valence-corrected chi connectivity index (χ3v) is 8.15. The van der Waals surface area contributed by atoms with Gasteiger partial charge in [0.05, 0.1) is 4.88 Å². The summed E-state index contributed by atoms with van der Waals surface area (Å²) in [5.41, 5.74) is -0.288. The van der Waals surface area contributed by atoms with Gasteiger partial charge in [-0.25, -0.2) is 0 Å². The highest BCUT2D eigenvalue weighted by molar-refractivity contribution is 7.14. The third-order valence-electron chi connectivity index (χ3n) is 6.90. The van der Waals surface area contributed by atoms with Crippen LogP contribution in [0.25, 0.3) is 0 Å². The van der Waals surface area contributed by atoms with Crippen LogP contribution in [-0.4, -0.2) is 59.1 Å². The Hall–Kier alpha value is -2.48. The molecule has 0 radical (unpaired) electrons. The number of carbonyl (C=O) groups excluding carboxylic acids is 2. The fourth-order valence-corrected chi connectivity index (χ4v) is 5.53. The van der Waals surface area contributed by atoms with E-state index in [-0.39, 0.29) is 23.3 Å². The molecule has 2 saturated heterocycles. The lowest BCUT2D eigenvalue weighted by Crippen LogP contribution is -2.44. The van der Waals surface area contributed by atoms with Crippen molar-refractivity contribution in [1.82, 2.24) is 20.4 Å². The summed E-state index contributed by atoms with van der Waals surface area (Å²) in [6, 6.07) is 7.99. The van der Waals surface area contributed by atoms with Gasteiger partial charge in [0.1, 0.15) is 0 Å². The lowest BCUT2D eigenvalue weighted by Gasteiger charge is -2.36. The number of carbonyl (C=O) groups is 2. The number of nitrogens with one attached hydrogen (secondary N) is 1. The number of anilines is 1. The zero-order valence-electron chi connectivity index (χ0n) is 19.2. The Kier molecular flexibility index (Phi) is 6.79. The van der Waals surface area contributed by atoms with Gasteiger partial charge in [-0.3, -0.25) is 9.59 Å². The Morgan fingerprint density at radius 1 is 1.16 bits per heavy atom. The Morgan fingerprint density at radius 3 is 2.62 bits per heavy atom. The van der Waals surface area contributed by atoms with Crippen LogP contribution >= 0.6 is 11.3 Å². The smallest absolute Gasteiger partial charge is 0.261 e. The Morgan fingerprint density at radius 2 is 1.94 bits per heavy atom. The Balaban J connectivity index is 1.29. The molecule has 0 aromatic carbocycles. The maximum absolute atomic E-state index is 12.8. The van der Waals surface area contributed by atoms with E-state index in [1.54, 1.807) is 17.5 Å². The van der Waals surface area contributed by atoms with Crippen molar-refractivity contribution in [2.45, 2.75) is 58.4 Å². The second kappa shape index (κ2) is 9.57. The summed E-state index contributed by atoms with van der Waals surface area (Å²) in [7, 11) is 0. The van der Waals surface area contributed by atoms with Gasteiger partial charge in [-0.15, -0.1) is 16.4 Å². The topological polar surface area (TPSA) is 78.4 Å². The Labute approximate surface area is 194 Å². The van der Waals surface area contributed by atoms with E-state index in [1.807, 2.05) is 36.9 Å². The van der Waals surface area contributed by atoms with E-state index in [0.717, 1.165) is 62.6 Å². The summed E-state index contributed by atoms with van der Waals surface area (Å²) >= 11 is 1.60. The molecule has 1 atom stereocenters. The van der Waals surface area contributed by atoms with E-state index < -0.39 is 0 Å². The van der Waals surface area contributed by atoms with Crippen molar-refractivity contribution in [2.75, 3.05) is 31.1 Å². The molecule has 0 unspecified atom stereocenters. The summed E-state index contributed by atoms with van der Waals surface area (Å²) in [6.45, 7) is 9.35. The highest BCUT2D eigenvalue weighted by Crippen LogP contribution is 2.35. The van der Waals surface area contributed by atoms with Gasteiger partial charge in [-0.1, -0.05) is 20.8 Å². The molecule has 1 N–H and O–H groups in total. The lowest BCUT2D eigenvalue weighted by molar-refractivity contribution is -0.141. The van der Waals surface area contributed by atoms with Crippen molar-refractivity contribution in [3.63, 3.8) is 0 Å². The minimum Gasteiger partial charge on any atom is -0.353 e. The maximum atomic E-state index is 12.8. The van der Waals surface area contributed by atoms with Gasteiger partial charge in [-0.05, 0) is 55.9 Å². The average Bonchev–Trinajstić information content (AvgIpc) is 3.49.